The molecule has 3 N–H and O–H groups in total. The molecule has 0 aliphatic carbocycles. The summed E-state index contributed by atoms with van der Waals surface area (Å²) in [5, 5.41) is 8.51. The second-order valence-electron chi connectivity index (χ2n) is 7.45. The first-order valence-electron chi connectivity index (χ1n) is 10.2. The number of anilines is 4. The van der Waals surface area contributed by atoms with Gasteiger partial charge in [0.2, 0.25) is 11.8 Å². The van der Waals surface area contributed by atoms with Crippen LogP contribution in [0, 0.1) is 5.82 Å². The van der Waals surface area contributed by atoms with Crippen molar-refractivity contribution in [1.82, 2.24) is 0 Å². The normalized spacial score (nSPS) is 14.8. The third-order valence-corrected chi connectivity index (χ3v) is 5.56. The van der Waals surface area contributed by atoms with E-state index in [-0.39, 0.29) is 18.9 Å². The Hall–Kier alpha value is -3.72. The smallest absolute Gasteiger partial charge is 0.250 e. The molecule has 1 aliphatic heterocycles. The number of benzene rings is 3. The summed E-state index contributed by atoms with van der Waals surface area (Å²) in [5.41, 5.74) is 2.24. The molecule has 1 atom stereocenters. The fourth-order valence-corrected chi connectivity index (χ4v) is 3.76. The highest BCUT2D eigenvalue weighted by Crippen LogP contribution is 2.32. The van der Waals surface area contributed by atoms with Crippen molar-refractivity contribution in [2.75, 3.05) is 27.4 Å². The minimum Gasteiger partial charge on any atom is -0.372 e. The average molecular weight is 511 g/mol. The van der Waals surface area contributed by atoms with Gasteiger partial charge in [-0.25, -0.2) is 4.39 Å². The Balaban J connectivity index is 1.47. The largest absolute Gasteiger partial charge is 0.372 e. The Morgan fingerprint density at radius 1 is 0.909 bits per heavy atom. The molecule has 0 saturated carbocycles. The number of carbonyl (C=O) groups excluding carboxylic acids is 3. The van der Waals surface area contributed by atoms with E-state index in [1.807, 2.05) is 0 Å². The first-order chi connectivity index (χ1) is 15.9. The molecule has 3 amide bonds. The topological polar surface area (TPSA) is 90.5 Å². The summed E-state index contributed by atoms with van der Waals surface area (Å²) in [4.78, 5) is 39.8. The highest BCUT2D eigenvalue weighted by Gasteiger charge is 2.34. The molecule has 1 aliphatic rings. The standard InChI is InChI=1S/C24H20BrFN4O3/c25-15-5-9-17(10-6-15)28-23(32)14-30-21-4-2-1-3-19(21)29-20(24(30)33)13-22(31)27-18-11-7-16(26)8-12-18/h1-12,20,29H,13-14H2,(H,27,31)(H,28,32)/t20-/m0/s1. The van der Waals surface area contributed by atoms with Crippen molar-refractivity contribution in [3.63, 3.8) is 0 Å². The zero-order valence-electron chi connectivity index (χ0n) is 17.3. The number of hydrogen-bond donors (Lipinski definition) is 3. The monoisotopic (exact) mass is 510 g/mol. The van der Waals surface area contributed by atoms with Gasteiger partial charge in [0, 0.05) is 15.8 Å². The van der Waals surface area contributed by atoms with E-state index in [0.717, 1.165) is 4.47 Å². The fraction of sp³-hybridized carbons (Fsp3) is 0.125. The van der Waals surface area contributed by atoms with Gasteiger partial charge in [0.25, 0.3) is 5.91 Å². The van der Waals surface area contributed by atoms with Gasteiger partial charge in [-0.05, 0) is 60.7 Å². The first-order valence-corrected chi connectivity index (χ1v) is 11.0. The number of halogens is 2. The number of fused-ring (bicyclic) bond motifs is 1. The highest BCUT2D eigenvalue weighted by molar-refractivity contribution is 9.10. The summed E-state index contributed by atoms with van der Waals surface area (Å²) in [6.07, 6.45) is -0.157. The minimum atomic E-state index is -0.860. The van der Waals surface area contributed by atoms with Crippen LogP contribution in [0.2, 0.25) is 0 Å². The Labute approximate surface area is 198 Å². The van der Waals surface area contributed by atoms with Gasteiger partial charge in [-0.1, -0.05) is 28.1 Å². The van der Waals surface area contributed by atoms with E-state index in [0.29, 0.717) is 22.7 Å². The van der Waals surface area contributed by atoms with Crippen LogP contribution in [0.3, 0.4) is 0 Å². The molecular weight excluding hydrogens is 491 g/mol. The molecule has 0 aromatic heterocycles. The number of rotatable bonds is 6. The van der Waals surface area contributed by atoms with E-state index in [9.17, 15) is 18.8 Å². The van der Waals surface area contributed by atoms with Gasteiger partial charge in [-0.2, -0.15) is 0 Å². The summed E-state index contributed by atoms with van der Waals surface area (Å²) in [5.74, 6) is -1.58. The zero-order valence-corrected chi connectivity index (χ0v) is 18.9. The molecule has 0 spiro atoms. The van der Waals surface area contributed by atoms with Crippen molar-refractivity contribution >= 4 is 56.4 Å². The molecule has 3 aromatic carbocycles. The molecule has 0 fully saturated rings. The lowest BCUT2D eigenvalue weighted by Gasteiger charge is -2.34. The summed E-state index contributed by atoms with van der Waals surface area (Å²) in [6.45, 7) is -0.205. The Bertz CT molecular complexity index is 1190. The third-order valence-electron chi connectivity index (χ3n) is 5.04. The summed E-state index contributed by atoms with van der Waals surface area (Å²) < 4.78 is 14.0. The van der Waals surface area contributed by atoms with Crippen LogP contribution in [0.5, 0.6) is 0 Å². The highest BCUT2D eigenvalue weighted by atomic mass is 79.9. The maximum atomic E-state index is 13.2. The second kappa shape index (κ2) is 9.83. The SMILES string of the molecule is O=C(C[C@@H]1Nc2ccccc2N(CC(=O)Nc2ccc(Br)cc2)C1=O)Nc1ccc(F)cc1. The molecule has 7 nitrogen and oxygen atoms in total. The molecule has 0 radical (unpaired) electrons. The Morgan fingerprint density at radius 3 is 2.21 bits per heavy atom. The fourth-order valence-electron chi connectivity index (χ4n) is 3.50. The van der Waals surface area contributed by atoms with Gasteiger partial charge in [-0.3, -0.25) is 19.3 Å². The molecule has 168 valence electrons. The molecular formula is C24H20BrFN4O3. The van der Waals surface area contributed by atoms with Gasteiger partial charge in [-0.15, -0.1) is 0 Å². The number of amides is 3. The molecule has 0 unspecified atom stereocenters. The van der Waals surface area contributed by atoms with Gasteiger partial charge >= 0.3 is 0 Å². The first kappa shape index (κ1) is 22.5. The molecule has 9 heteroatoms. The lowest BCUT2D eigenvalue weighted by Crippen LogP contribution is -2.50. The number of nitrogens with one attached hydrogen (secondary N) is 3. The predicted octanol–water partition coefficient (Wildman–Crippen LogP) is 4.38. The quantitative estimate of drug-likeness (QED) is 0.458. The molecule has 1 heterocycles. The molecule has 3 aromatic rings. The van der Waals surface area contributed by atoms with Crippen LogP contribution >= 0.6 is 15.9 Å². The van der Waals surface area contributed by atoms with E-state index in [1.54, 1.807) is 48.5 Å². The number of para-hydroxylation sites is 2. The summed E-state index contributed by atoms with van der Waals surface area (Å²) >= 11 is 3.35. The van der Waals surface area contributed by atoms with E-state index in [1.165, 1.54) is 29.2 Å². The zero-order chi connectivity index (χ0) is 23.4. The van der Waals surface area contributed by atoms with Crippen molar-refractivity contribution < 1.29 is 18.8 Å². The van der Waals surface area contributed by atoms with Crippen molar-refractivity contribution in [2.24, 2.45) is 0 Å². The predicted molar refractivity (Wildman–Crippen MR) is 129 cm³/mol. The number of hydrogen-bond acceptors (Lipinski definition) is 4. The van der Waals surface area contributed by atoms with Gasteiger partial charge in [0.1, 0.15) is 18.4 Å². The molecule has 4 rings (SSSR count). The van der Waals surface area contributed by atoms with E-state index < -0.39 is 23.7 Å². The van der Waals surface area contributed by atoms with E-state index in [2.05, 4.69) is 31.9 Å². The lowest BCUT2D eigenvalue weighted by atomic mass is 10.1. The Morgan fingerprint density at radius 2 is 1.52 bits per heavy atom. The van der Waals surface area contributed by atoms with Crippen molar-refractivity contribution in [1.29, 1.82) is 0 Å². The second-order valence-corrected chi connectivity index (χ2v) is 8.37. The Kier molecular flexibility index (Phi) is 6.69. The third kappa shape index (κ3) is 5.56. The average Bonchev–Trinajstić information content (AvgIpc) is 2.79. The van der Waals surface area contributed by atoms with Crippen LogP contribution in [0.1, 0.15) is 6.42 Å². The maximum Gasteiger partial charge on any atom is 0.250 e. The summed E-state index contributed by atoms with van der Waals surface area (Å²) in [7, 11) is 0. The van der Waals surface area contributed by atoms with Gasteiger partial charge in [0.05, 0.1) is 17.8 Å². The van der Waals surface area contributed by atoms with Crippen molar-refractivity contribution in [3.8, 4) is 0 Å². The van der Waals surface area contributed by atoms with Crippen LogP contribution in [-0.2, 0) is 14.4 Å². The van der Waals surface area contributed by atoms with Crippen LogP contribution in [0.25, 0.3) is 0 Å². The minimum absolute atomic E-state index is 0.157. The van der Waals surface area contributed by atoms with Crippen molar-refractivity contribution in [3.05, 3.63) is 83.1 Å². The lowest BCUT2D eigenvalue weighted by molar-refractivity contribution is -0.124. The van der Waals surface area contributed by atoms with Crippen LogP contribution in [-0.4, -0.2) is 30.3 Å². The maximum absolute atomic E-state index is 13.2. The van der Waals surface area contributed by atoms with Gasteiger partial charge in [0.15, 0.2) is 0 Å². The van der Waals surface area contributed by atoms with E-state index in [4.69, 9.17) is 0 Å². The van der Waals surface area contributed by atoms with Crippen LogP contribution in [0.15, 0.2) is 77.3 Å². The molecule has 0 bridgehead atoms. The number of carbonyl (C=O) groups is 3. The summed E-state index contributed by atoms with van der Waals surface area (Å²) in [6, 6.07) is 18.7. The van der Waals surface area contributed by atoms with Gasteiger partial charge < -0.3 is 16.0 Å². The number of nitrogens with zero attached hydrogens (tertiary/aromatic N) is 1. The van der Waals surface area contributed by atoms with E-state index >= 15 is 0 Å². The van der Waals surface area contributed by atoms with Crippen LogP contribution in [0.4, 0.5) is 27.1 Å². The van der Waals surface area contributed by atoms with Crippen LogP contribution < -0.4 is 20.9 Å². The van der Waals surface area contributed by atoms with Crippen molar-refractivity contribution in [2.45, 2.75) is 12.5 Å². The molecule has 33 heavy (non-hydrogen) atoms. The molecule has 0 saturated heterocycles.